The number of likely N-dealkylation sites (tertiary alicyclic amines) is 1. The van der Waals surface area contributed by atoms with Crippen LogP contribution in [0.25, 0.3) is 0 Å². The average molecular weight is 268 g/mol. The van der Waals surface area contributed by atoms with Crippen LogP contribution < -0.4 is 5.73 Å². The summed E-state index contributed by atoms with van der Waals surface area (Å²) in [6.45, 7) is 0.677. The van der Waals surface area contributed by atoms with Crippen LogP contribution in [-0.4, -0.2) is 36.3 Å². The van der Waals surface area contributed by atoms with Gasteiger partial charge in [0.15, 0.2) is 5.84 Å². The molecule has 1 aromatic carbocycles. The lowest BCUT2D eigenvalue weighted by atomic mass is 10.2. The van der Waals surface area contributed by atoms with Gasteiger partial charge in [-0.05, 0) is 12.1 Å². The molecule has 1 amide bonds. The third-order valence-corrected chi connectivity index (χ3v) is 3.01. The van der Waals surface area contributed by atoms with E-state index >= 15 is 0 Å². The van der Waals surface area contributed by atoms with E-state index in [0.29, 0.717) is 23.6 Å². The van der Waals surface area contributed by atoms with E-state index in [4.69, 9.17) is 22.2 Å². The van der Waals surface area contributed by atoms with Crippen molar-refractivity contribution < 1.29 is 9.63 Å². The molecule has 6 heteroatoms. The molecule has 1 fully saturated rings. The van der Waals surface area contributed by atoms with Crippen molar-refractivity contribution >= 4 is 23.3 Å². The summed E-state index contributed by atoms with van der Waals surface area (Å²) in [5, 5.41) is 4.36. The smallest absolute Gasteiger partial charge is 0.266 e. The van der Waals surface area contributed by atoms with Crippen molar-refractivity contribution in [1.82, 2.24) is 4.90 Å². The molecule has 0 radical (unpaired) electrons. The van der Waals surface area contributed by atoms with E-state index in [0.717, 1.165) is 0 Å². The van der Waals surface area contributed by atoms with Crippen LogP contribution in [0.15, 0.2) is 29.4 Å². The molecular weight excluding hydrogens is 254 g/mol. The van der Waals surface area contributed by atoms with E-state index < -0.39 is 6.10 Å². The van der Waals surface area contributed by atoms with Gasteiger partial charge >= 0.3 is 0 Å². The summed E-state index contributed by atoms with van der Waals surface area (Å²) < 4.78 is 0. The molecule has 1 aliphatic heterocycles. The topological polar surface area (TPSA) is 67.9 Å². The van der Waals surface area contributed by atoms with Crippen LogP contribution in [0.4, 0.5) is 0 Å². The number of rotatable bonds is 3. The van der Waals surface area contributed by atoms with E-state index in [-0.39, 0.29) is 11.7 Å². The quantitative estimate of drug-likeness (QED) is 0.508. The maximum absolute atomic E-state index is 11.6. The summed E-state index contributed by atoms with van der Waals surface area (Å²) in [5.74, 6) is 0.137. The second-order valence-electron chi connectivity index (χ2n) is 4.13. The third-order valence-electron chi connectivity index (χ3n) is 2.78. The van der Waals surface area contributed by atoms with Gasteiger partial charge in [-0.15, -0.1) is 0 Å². The summed E-state index contributed by atoms with van der Waals surface area (Å²) in [6.07, 6.45) is 0.0921. The van der Waals surface area contributed by atoms with Crippen LogP contribution in [-0.2, 0) is 9.63 Å². The van der Waals surface area contributed by atoms with Gasteiger partial charge in [-0.3, -0.25) is 4.79 Å². The first-order chi connectivity index (χ1) is 8.58. The highest BCUT2D eigenvalue weighted by Gasteiger charge is 2.31. The first kappa shape index (κ1) is 12.7. The van der Waals surface area contributed by atoms with Crippen molar-refractivity contribution in [3.8, 4) is 0 Å². The molecule has 1 heterocycles. The van der Waals surface area contributed by atoms with Crippen molar-refractivity contribution in [2.75, 3.05) is 13.6 Å². The zero-order valence-electron chi connectivity index (χ0n) is 9.97. The first-order valence-electron chi connectivity index (χ1n) is 5.58. The van der Waals surface area contributed by atoms with Crippen molar-refractivity contribution in [2.45, 2.75) is 12.5 Å². The molecule has 2 N–H and O–H groups in total. The minimum Gasteiger partial charge on any atom is -0.381 e. The Bertz CT molecular complexity index is 490. The molecule has 2 rings (SSSR count). The number of hydrogen-bond acceptors (Lipinski definition) is 3. The van der Waals surface area contributed by atoms with E-state index in [2.05, 4.69) is 5.16 Å². The minimum atomic E-state index is -0.535. The van der Waals surface area contributed by atoms with Crippen LogP contribution >= 0.6 is 11.6 Å². The lowest BCUT2D eigenvalue weighted by Crippen LogP contribution is -2.27. The van der Waals surface area contributed by atoms with Gasteiger partial charge in [-0.1, -0.05) is 28.9 Å². The Balaban J connectivity index is 2.03. The molecule has 1 aliphatic rings. The number of amides is 1. The zero-order chi connectivity index (χ0) is 13.1. The molecule has 0 spiro atoms. The molecule has 0 aliphatic carbocycles. The Kier molecular flexibility index (Phi) is 3.72. The molecule has 1 aromatic rings. The summed E-state index contributed by atoms with van der Waals surface area (Å²) in [7, 11) is 1.73. The molecule has 1 saturated heterocycles. The lowest BCUT2D eigenvalue weighted by Gasteiger charge is -2.09. The Hall–Kier alpha value is -1.75. The number of likely N-dealkylation sites (N-methyl/N-ethyl adjacent to an activating group) is 1. The Morgan fingerprint density at radius 2 is 2.39 bits per heavy atom. The molecule has 1 atom stereocenters. The first-order valence-corrected chi connectivity index (χ1v) is 5.96. The number of halogens is 1. The maximum atomic E-state index is 11.6. The van der Waals surface area contributed by atoms with Gasteiger partial charge in [0.05, 0.1) is 0 Å². The van der Waals surface area contributed by atoms with Gasteiger partial charge < -0.3 is 15.5 Å². The monoisotopic (exact) mass is 267 g/mol. The maximum Gasteiger partial charge on any atom is 0.266 e. The molecule has 0 bridgehead atoms. The Morgan fingerprint density at radius 1 is 1.61 bits per heavy atom. The van der Waals surface area contributed by atoms with Crippen LogP contribution in [0, 0.1) is 0 Å². The summed E-state index contributed by atoms with van der Waals surface area (Å²) in [4.78, 5) is 18.4. The molecule has 5 nitrogen and oxygen atoms in total. The number of nitrogens with two attached hydrogens (primary N) is 1. The van der Waals surface area contributed by atoms with Crippen LogP contribution in [0.3, 0.4) is 0 Å². The highest BCUT2D eigenvalue weighted by Crippen LogP contribution is 2.14. The van der Waals surface area contributed by atoms with Gasteiger partial charge in [0.25, 0.3) is 5.91 Å². The number of carbonyl (C=O) groups is 1. The SMILES string of the molecule is CN1CCC(O/N=C(\N)c2cccc(Cl)c2)C1=O. The standard InChI is InChI=1S/C12H14ClN3O2/c1-16-6-5-10(12(16)17)18-15-11(14)8-3-2-4-9(13)7-8/h2-4,7,10H,5-6H2,1H3,(H2,14,15). The van der Waals surface area contributed by atoms with Gasteiger partial charge in [0.2, 0.25) is 6.10 Å². The highest BCUT2D eigenvalue weighted by molar-refractivity contribution is 6.31. The van der Waals surface area contributed by atoms with Gasteiger partial charge in [0.1, 0.15) is 0 Å². The Morgan fingerprint density at radius 3 is 3.00 bits per heavy atom. The molecule has 0 aromatic heterocycles. The van der Waals surface area contributed by atoms with Gasteiger partial charge in [-0.2, -0.15) is 0 Å². The number of hydrogen-bond donors (Lipinski definition) is 1. The molecule has 0 saturated carbocycles. The fourth-order valence-electron chi connectivity index (χ4n) is 1.71. The Labute approximate surface area is 110 Å². The molecule has 1 unspecified atom stereocenters. The average Bonchev–Trinajstić information content (AvgIpc) is 2.67. The zero-order valence-corrected chi connectivity index (χ0v) is 10.7. The number of nitrogens with zero attached hydrogens (tertiary/aromatic N) is 2. The molecular formula is C12H14ClN3O2. The fourth-order valence-corrected chi connectivity index (χ4v) is 1.90. The van der Waals surface area contributed by atoms with Gasteiger partial charge in [-0.25, -0.2) is 0 Å². The fraction of sp³-hybridized carbons (Fsp3) is 0.333. The minimum absolute atomic E-state index is 0.0716. The van der Waals surface area contributed by atoms with E-state index in [9.17, 15) is 4.79 Å². The van der Waals surface area contributed by atoms with Crippen molar-refractivity contribution in [2.24, 2.45) is 10.9 Å². The largest absolute Gasteiger partial charge is 0.381 e. The number of carbonyl (C=O) groups excluding carboxylic acids is 1. The van der Waals surface area contributed by atoms with Gasteiger partial charge in [0, 0.05) is 30.6 Å². The van der Waals surface area contributed by atoms with Crippen molar-refractivity contribution in [3.05, 3.63) is 34.9 Å². The van der Waals surface area contributed by atoms with Crippen LogP contribution in [0.1, 0.15) is 12.0 Å². The lowest BCUT2D eigenvalue weighted by molar-refractivity contribution is -0.136. The number of oxime groups is 1. The van der Waals surface area contributed by atoms with Crippen LogP contribution in [0.5, 0.6) is 0 Å². The summed E-state index contributed by atoms with van der Waals surface area (Å²) >= 11 is 5.85. The molecule has 18 heavy (non-hydrogen) atoms. The predicted octanol–water partition coefficient (Wildman–Crippen LogP) is 1.21. The van der Waals surface area contributed by atoms with Crippen molar-refractivity contribution in [1.29, 1.82) is 0 Å². The van der Waals surface area contributed by atoms with E-state index in [1.807, 2.05) is 0 Å². The van der Waals surface area contributed by atoms with Crippen molar-refractivity contribution in [3.63, 3.8) is 0 Å². The normalized spacial score (nSPS) is 20.3. The predicted molar refractivity (Wildman–Crippen MR) is 69.3 cm³/mol. The summed E-state index contributed by atoms with van der Waals surface area (Å²) in [5.41, 5.74) is 6.43. The van der Waals surface area contributed by atoms with E-state index in [1.165, 1.54) is 0 Å². The highest BCUT2D eigenvalue weighted by atomic mass is 35.5. The second kappa shape index (κ2) is 5.27. The molecule has 96 valence electrons. The van der Waals surface area contributed by atoms with Crippen LogP contribution in [0.2, 0.25) is 5.02 Å². The third kappa shape index (κ3) is 2.73. The number of amidine groups is 1. The summed E-state index contributed by atoms with van der Waals surface area (Å²) in [6, 6.07) is 6.98. The second-order valence-corrected chi connectivity index (χ2v) is 4.57. The van der Waals surface area contributed by atoms with E-state index in [1.54, 1.807) is 36.2 Å². The number of benzene rings is 1.